The van der Waals surface area contributed by atoms with Gasteiger partial charge in [-0.2, -0.15) is 8.42 Å². The number of aryl methyl sites for hydroxylation is 1. The standard InChI is InChI=1S/C7H8N4O2S/c1-4-2-3-5-6(8)10-14(12,13)11-7(5)9-4/h2-3H,1H3,(H2,8,10)(H,9,11). The SMILES string of the molecule is Cc1ccc2c(n1)NS(=O)(=O)N=C2N. The monoisotopic (exact) mass is 212 g/mol. The summed E-state index contributed by atoms with van der Waals surface area (Å²) in [6.07, 6.45) is 0. The van der Waals surface area contributed by atoms with Crippen molar-refractivity contribution in [3.8, 4) is 0 Å². The van der Waals surface area contributed by atoms with Crippen molar-refractivity contribution < 1.29 is 8.42 Å². The van der Waals surface area contributed by atoms with Crippen LogP contribution < -0.4 is 10.5 Å². The van der Waals surface area contributed by atoms with E-state index in [1.807, 2.05) is 0 Å². The van der Waals surface area contributed by atoms with Gasteiger partial charge in [0.15, 0.2) is 5.82 Å². The van der Waals surface area contributed by atoms with Gasteiger partial charge in [-0.05, 0) is 19.1 Å². The molecule has 0 radical (unpaired) electrons. The average molecular weight is 212 g/mol. The highest BCUT2D eigenvalue weighted by Crippen LogP contribution is 2.19. The summed E-state index contributed by atoms with van der Waals surface area (Å²) in [5.74, 6) is 0.198. The van der Waals surface area contributed by atoms with Crippen LogP contribution in [0.15, 0.2) is 16.5 Å². The molecule has 0 spiro atoms. The predicted molar refractivity (Wildman–Crippen MR) is 52.2 cm³/mol. The van der Waals surface area contributed by atoms with Crippen LogP contribution >= 0.6 is 0 Å². The van der Waals surface area contributed by atoms with E-state index in [1.54, 1.807) is 19.1 Å². The highest BCUT2D eigenvalue weighted by atomic mass is 32.2. The first-order valence-corrected chi connectivity index (χ1v) is 5.28. The molecule has 2 rings (SSSR count). The molecule has 1 aliphatic rings. The van der Waals surface area contributed by atoms with Gasteiger partial charge in [-0.15, -0.1) is 4.40 Å². The fourth-order valence-electron chi connectivity index (χ4n) is 1.16. The molecule has 1 aromatic heterocycles. The smallest absolute Gasteiger partial charge is 0.345 e. The Labute approximate surface area is 81.1 Å². The van der Waals surface area contributed by atoms with Crippen molar-refractivity contribution in [2.45, 2.75) is 6.92 Å². The molecule has 1 aromatic rings. The average Bonchev–Trinajstić information content (AvgIpc) is 2.00. The lowest BCUT2D eigenvalue weighted by Gasteiger charge is -2.14. The van der Waals surface area contributed by atoms with E-state index in [2.05, 4.69) is 14.1 Å². The third-order valence-corrected chi connectivity index (χ3v) is 2.64. The second kappa shape index (κ2) is 2.68. The summed E-state index contributed by atoms with van der Waals surface area (Å²) in [4.78, 5) is 4.01. The number of nitrogens with zero attached hydrogens (tertiary/aromatic N) is 2. The van der Waals surface area contributed by atoms with Crippen molar-refractivity contribution in [3.05, 3.63) is 23.4 Å². The van der Waals surface area contributed by atoms with Gasteiger partial charge >= 0.3 is 10.2 Å². The number of amidine groups is 1. The third-order valence-electron chi connectivity index (χ3n) is 1.75. The maximum Gasteiger partial charge on any atom is 0.345 e. The van der Waals surface area contributed by atoms with Crippen LogP contribution in [0, 0.1) is 6.92 Å². The quantitative estimate of drug-likeness (QED) is 0.620. The summed E-state index contributed by atoms with van der Waals surface area (Å²) in [7, 11) is -3.71. The molecule has 2 heterocycles. The van der Waals surface area contributed by atoms with Crippen LogP contribution in [0.3, 0.4) is 0 Å². The number of fused-ring (bicyclic) bond motifs is 1. The number of rotatable bonds is 0. The van der Waals surface area contributed by atoms with Gasteiger partial charge in [0, 0.05) is 5.69 Å². The molecule has 7 heteroatoms. The lowest BCUT2D eigenvalue weighted by atomic mass is 10.2. The lowest BCUT2D eigenvalue weighted by Crippen LogP contribution is -2.27. The number of pyridine rings is 1. The predicted octanol–water partition coefficient (Wildman–Crippen LogP) is -0.234. The molecule has 0 unspecified atom stereocenters. The van der Waals surface area contributed by atoms with Crippen LogP contribution in [0.1, 0.15) is 11.3 Å². The van der Waals surface area contributed by atoms with Crippen molar-refractivity contribution >= 4 is 21.9 Å². The van der Waals surface area contributed by atoms with Crippen molar-refractivity contribution in [3.63, 3.8) is 0 Å². The molecule has 0 fully saturated rings. The topological polar surface area (TPSA) is 97.4 Å². The number of hydrogen-bond acceptors (Lipinski definition) is 4. The lowest BCUT2D eigenvalue weighted by molar-refractivity contribution is 0.602. The minimum Gasteiger partial charge on any atom is -0.382 e. The Kier molecular flexibility index (Phi) is 1.71. The van der Waals surface area contributed by atoms with Gasteiger partial charge in [-0.1, -0.05) is 0 Å². The minimum atomic E-state index is -3.71. The second-order valence-electron chi connectivity index (χ2n) is 2.90. The Morgan fingerprint density at radius 1 is 1.43 bits per heavy atom. The van der Waals surface area contributed by atoms with Gasteiger partial charge in [-0.3, -0.25) is 0 Å². The van der Waals surface area contributed by atoms with Crippen molar-refractivity contribution in [1.29, 1.82) is 0 Å². The first-order chi connectivity index (χ1) is 6.48. The summed E-state index contributed by atoms with van der Waals surface area (Å²) in [5, 5.41) is 0. The minimum absolute atomic E-state index is 0.0359. The van der Waals surface area contributed by atoms with Crippen LogP contribution in [0.25, 0.3) is 0 Å². The zero-order valence-corrected chi connectivity index (χ0v) is 8.17. The van der Waals surface area contributed by atoms with Crippen LogP contribution in [-0.4, -0.2) is 19.2 Å². The molecule has 74 valence electrons. The number of aromatic nitrogens is 1. The van der Waals surface area contributed by atoms with E-state index >= 15 is 0 Å². The summed E-state index contributed by atoms with van der Waals surface area (Å²) >= 11 is 0. The highest BCUT2D eigenvalue weighted by molar-refractivity contribution is 7.91. The van der Waals surface area contributed by atoms with Gasteiger partial charge in [-0.25, -0.2) is 9.71 Å². The molecule has 0 aromatic carbocycles. The summed E-state index contributed by atoms with van der Waals surface area (Å²) in [6.45, 7) is 1.76. The van der Waals surface area contributed by atoms with Gasteiger partial charge in [0.1, 0.15) is 5.84 Å². The van der Waals surface area contributed by atoms with E-state index < -0.39 is 10.2 Å². The van der Waals surface area contributed by atoms with E-state index in [0.29, 0.717) is 11.3 Å². The fourth-order valence-corrected chi connectivity index (χ4v) is 1.97. The summed E-state index contributed by atoms with van der Waals surface area (Å²) < 4.78 is 27.7. The van der Waals surface area contributed by atoms with Crippen LogP contribution in [0.2, 0.25) is 0 Å². The second-order valence-corrected chi connectivity index (χ2v) is 4.24. The molecular formula is C7H8N4O2S. The normalized spacial score (nSPS) is 17.9. The van der Waals surface area contributed by atoms with Crippen LogP contribution in [0.4, 0.5) is 5.82 Å². The third kappa shape index (κ3) is 1.41. The Morgan fingerprint density at radius 2 is 2.14 bits per heavy atom. The van der Waals surface area contributed by atoms with Gasteiger partial charge in [0.05, 0.1) is 5.56 Å². The Hall–Kier alpha value is -1.63. The van der Waals surface area contributed by atoms with Crippen LogP contribution in [-0.2, 0) is 10.2 Å². The molecule has 14 heavy (non-hydrogen) atoms. The Bertz CT molecular complexity index is 520. The van der Waals surface area contributed by atoms with E-state index in [4.69, 9.17) is 5.73 Å². The van der Waals surface area contributed by atoms with Gasteiger partial charge in [0.25, 0.3) is 0 Å². The van der Waals surface area contributed by atoms with E-state index in [-0.39, 0.29) is 11.7 Å². The first-order valence-electron chi connectivity index (χ1n) is 3.84. The zero-order chi connectivity index (χ0) is 10.3. The zero-order valence-electron chi connectivity index (χ0n) is 7.35. The summed E-state index contributed by atoms with van der Waals surface area (Å²) in [5.41, 5.74) is 6.68. The maximum atomic E-state index is 11.1. The molecular weight excluding hydrogens is 204 g/mol. The molecule has 0 saturated carbocycles. The van der Waals surface area contributed by atoms with Crippen molar-refractivity contribution in [2.24, 2.45) is 10.1 Å². The number of hydrogen-bond donors (Lipinski definition) is 2. The molecule has 0 atom stereocenters. The molecule has 0 aliphatic carbocycles. The fraction of sp³-hybridized carbons (Fsp3) is 0.143. The largest absolute Gasteiger partial charge is 0.382 e. The molecule has 1 aliphatic heterocycles. The number of anilines is 1. The van der Waals surface area contributed by atoms with Gasteiger partial charge < -0.3 is 5.73 Å². The number of nitrogens with one attached hydrogen (secondary N) is 1. The first kappa shape index (κ1) is 8.95. The Balaban J connectivity index is 2.68. The number of nitrogens with two attached hydrogens (primary N) is 1. The van der Waals surface area contributed by atoms with Crippen molar-refractivity contribution in [1.82, 2.24) is 4.98 Å². The molecule has 0 bridgehead atoms. The van der Waals surface area contributed by atoms with Crippen LogP contribution in [0.5, 0.6) is 0 Å². The highest BCUT2D eigenvalue weighted by Gasteiger charge is 2.21. The Morgan fingerprint density at radius 3 is 2.86 bits per heavy atom. The molecule has 6 nitrogen and oxygen atoms in total. The molecule has 0 amide bonds. The van der Waals surface area contributed by atoms with Crippen molar-refractivity contribution in [2.75, 3.05) is 4.72 Å². The van der Waals surface area contributed by atoms with E-state index in [9.17, 15) is 8.42 Å². The summed E-state index contributed by atoms with van der Waals surface area (Å²) in [6, 6.07) is 3.42. The van der Waals surface area contributed by atoms with E-state index in [0.717, 1.165) is 0 Å². The molecule has 0 saturated heterocycles. The van der Waals surface area contributed by atoms with Gasteiger partial charge in [0.2, 0.25) is 0 Å². The van der Waals surface area contributed by atoms with E-state index in [1.165, 1.54) is 0 Å². The molecule has 3 N–H and O–H groups in total. The maximum absolute atomic E-state index is 11.1.